The van der Waals surface area contributed by atoms with E-state index >= 15 is 0 Å². The van der Waals surface area contributed by atoms with Crippen LogP contribution in [-0.4, -0.2) is 23.9 Å². The van der Waals surface area contributed by atoms with Crippen LogP contribution in [0.5, 0.6) is 0 Å². The number of ketones is 1. The van der Waals surface area contributed by atoms with Crippen molar-refractivity contribution >= 4 is 23.0 Å². The van der Waals surface area contributed by atoms with Gasteiger partial charge >= 0.3 is 0 Å². The van der Waals surface area contributed by atoms with E-state index in [2.05, 4.69) is 41.4 Å². The number of Topliss-reactive ketones (excluding diaryl/α,β-unsaturated/α-hetero) is 1. The van der Waals surface area contributed by atoms with Crippen molar-refractivity contribution in [1.82, 2.24) is 4.98 Å². The first-order chi connectivity index (χ1) is 14.1. The zero-order chi connectivity index (χ0) is 20.2. The van der Waals surface area contributed by atoms with Crippen LogP contribution in [0, 0.1) is 5.92 Å². The summed E-state index contributed by atoms with van der Waals surface area (Å²) in [5.41, 5.74) is 4.91. The maximum Gasteiger partial charge on any atom is 0.159 e. The lowest BCUT2D eigenvalue weighted by atomic mass is 9.98. The Morgan fingerprint density at radius 1 is 1.00 bits per heavy atom. The van der Waals surface area contributed by atoms with Crippen LogP contribution in [0.4, 0.5) is 17.2 Å². The number of piperidine rings is 1. The lowest BCUT2D eigenvalue weighted by Gasteiger charge is -2.32. The smallest absolute Gasteiger partial charge is 0.159 e. The Bertz CT molecular complexity index is 975. The fraction of sp³-hybridized carbons (Fsp3) is 0.280. The van der Waals surface area contributed by atoms with E-state index in [4.69, 9.17) is 4.98 Å². The lowest BCUT2D eigenvalue weighted by Crippen LogP contribution is -2.32. The highest BCUT2D eigenvalue weighted by molar-refractivity contribution is 5.94. The molecular formula is C25H27N3O. The molecule has 0 bridgehead atoms. The molecular weight excluding hydrogens is 358 g/mol. The SMILES string of the molecule is CC(=O)c1ccc(Nc2cc(N3CCC(C)CC3)cc(-c3ccccc3)n2)cc1. The quantitative estimate of drug-likeness (QED) is 0.553. The van der Waals surface area contributed by atoms with Crippen LogP contribution < -0.4 is 10.2 Å². The number of hydrogen-bond donors (Lipinski definition) is 1. The van der Waals surface area contributed by atoms with Crippen LogP contribution >= 0.6 is 0 Å². The minimum Gasteiger partial charge on any atom is -0.371 e. The fourth-order valence-corrected chi connectivity index (χ4v) is 3.72. The summed E-state index contributed by atoms with van der Waals surface area (Å²) in [4.78, 5) is 18.8. The third kappa shape index (κ3) is 4.65. The summed E-state index contributed by atoms with van der Waals surface area (Å²) >= 11 is 0. The molecule has 0 amide bonds. The van der Waals surface area contributed by atoms with Crippen molar-refractivity contribution in [3.8, 4) is 11.3 Å². The number of carbonyl (C=O) groups is 1. The largest absolute Gasteiger partial charge is 0.371 e. The van der Waals surface area contributed by atoms with Gasteiger partial charge in [-0.15, -0.1) is 0 Å². The summed E-state index contributed by atoms with van der Waals surface area (Å²) in [5, 5.41) is 3.42. The van der Waals surface area contributed by atoms with Gasteiger partial charge in [0.2, 0.25) is 0 Å². The van der Waals surface area contributed by atoms with Crippen molar-refractivity contribution in [3.05, 3.63) is 72.3 Å². The van der Waals surface area contributed by atoms with Crippen molar-refractivity contribution in [2.75, 3.05) is 23.3 Å². The van der Waals surface area contributed by atoms with Crippen molar-refractivity contribution < 1.29 is 4.79 Å². The van der Waals surface area contributed by atoms with Gasteiger partial charge in [-0.05, 0) is 56.0 Å². The lowest BCUT2D eigenvalue weighted by molar-refractivity contribution is 0.101. The third-order valence-corrected chi connectivity index (χ3v) is 5.59. The van der Waals surface area contributed by atoms with E-state index < -0.39 is 0 Å². The second-order valence-corrected chi connectivity index (χ2v) is 7.89. The molecule has 0 unspecified atom stereocenters. The molecule has 1 aromatic heterocycles. The van der Waals surface area contributed by atoms with Gasteiger partial charge in [-0.25, -0.2) is 4.98 Å². The Morgan fingerprint density at radius 3 is 2.34 bits per heavy atom. The van der Waals surface area contributed by atoms with E-state index in [1.54, 1.807) is 6.92 Å². The summed E-state index contributed by atoms with van der Waals surface area (Å²) in [5.74, 6) is 1.68. The summed E-state index contributed by atoms with van der Waals surface area (Å²) in [6.45, 7) is 6.06. The Morgan fingerprint density at radius 2 is 1.69 bits per heavy atom. The van der Waals surface area contributed by atoms with Gasteiger partial charge < -0.3 is 10.2 Å². The molecule has 4 heteroatoms. The molecule has 148 valence electrons. The van der Waals surface area contributed by atoms with Gasteiger partial charge in [0.15, 0.2) is 5.78 Å². The van der Waals surface area contributed by atoms with Gasteiger partial charge in [0.1, 0.15) is 5.82 Å². The van der Waals surface area contributed by atoms with E-state index in [1.165, 1.54) is 18.5 Å². The average molecular weight is 386 g/mol. The zero-order valence-corrected chi connectivity index (χ0v) is 17.1. The Balaban J connectivity index is 1.66. The first kappa shape index (κ1) is 19.2. The second-order valence-electron chi connectivity index (χ2n) is 7.89. The van der Waals surface area contributed by atoms with Crippen molar-refractivity contribution in [2.24, 2.45) is 5.92 Å². The van der Waals surface area contributed by atoms with Crippen LogP contribution in [-0.2, 0) is 0 Å². The summed E-state index contributed by atoms with van der Waals surface area (Å²) in [6, 6.07) is 22.2. The van der Waals surface area contributed by atoms with Crippen LogP contribution in [0.1, 0.15) is 37.0 Å². The molecule has 1 fully saturated rings. The topological polar surface area (TPSA) is 45.2 Å². The summed E-state index contributed by atoms with van der Waals surface area (Å²) in [7, 11) is 0. The highest BCUT2D eigenvalue weighted by Gasteiger charge is 2.18. The Labute approximate surface area is 172 Å². The molecule has 1 N–H and O–H groups in total. The first-order valence-electron chi connectivity index (χ1n) is 10.3. The van der Waals surface area contributed by atoms with E-state index in [1.807, 2.05) is 42.5 Å². The van der Waals surface area contributed by atoms with Gasteiger partial charge in [-0.1, -0.05) is 37.3 Å². The van der Waals surface area contributed by atoms with E-state index in [-0.39, 0.29) is 5.78 Å². The Kier molecular flexibility index (Phi) is 5.61. The summed E-state index contributed by atoms with van der Waals surface area (Å²) in [6.07, 6.45) is 2.44. The molecule has 1 aliphatic heterocycles. The van der Waals surface area contributed by atoms with Gasteiger partial charge in [0.05, 0.1) is 5.69 Å². The number of nitrogens with zero attached hydrogens (tertiary/aromatic N) is 2. The van der Waals surface area contributed by atoms with Crippen molar-refractivity contribution in [2.45, 2.75) is 26.7 Å². The average Bonchev–Trinajstić information content (AvgIpc) is 2.75. The van der Waals surface area contributed by atoms with E-state index in [0.29, 0.717) is 5.56 Å². The molecule has 0 atom stereocenters. The fourth-order valence-electron chi connectivity index (χ4n) is 3.72. The molecule has 4 nitrogen and oxygen atoms in total. The van der Waals surface area contributed by atoms with Crippen LogP contribution in [0.25, 0.3) is 11.3 Å². The number of anilines is 3. The number of hydrogen-bond acceptors (Lipinski definition) is 4. The standard InChI is InChI=1S/C25H27N3O/c1-18-12-14-28(15-13-18)23-16-24(21-6-4-3-5-7-21)27-25(17-23)26-22-10-8-20(9-11-22)19(2)29/h3-11,16-18H,12-15H2,1-2H3,(H,26,27). The Hall–Kier alpha value is -3.14. The molecule has 2 heterocycles. The molecule has 1 saturated heterocycles. The molecule has 0 spiro atoms. The number of pyridine rings is 1. The first-order valence-corrected chi connectivity index (χ1v) is 10.3. The monoisotopic (exact) mass is 385 g/mol. The van der Waals surface area contributed by atoms with Crippen LogP contribution in [0.15, 0.2) is 66.7 Å². The minimum atomic E-state index is 0.0716. The molecule has 3 aromatic rings. The molecule has 0 aliphatic carbocycles. The predicted octanol–water partition coefficient (Wildman–Crippen LogP) is 5.93. The highest BCUT2D eigenvalue weighted by Crippen LogP contribution is 2.30. The van der Waals surface area contributed by atoms with Crippen LogP contribution in [0.2, 0.25) is 0 Å². The number of benzene rings is 2. The van der Waals surface area contributed by atoms with Crippen molar-refractivity contribution in [1.29, 1.82) is 0 Å². The number of nitrogens with one attached hydrogen (secondary N) is 1. The maximum absolute atomic E-state index is 11.5. The van der Waals surface area contributed by atoms with Crippen molar-refractivity contribution in [3.63, 3.8) is 0 Å². The number of rotatable bonds is 5. The maximum atomic E-state index is 11.5. The highest BCUT2D eigenvalue weighted by atomic mass is 16.1. The zero-order valence-electron chi connectivity index (χ0n) is 17.1. The molecule has 1 aliphatic rings. The number of aromatic nitrogens is 1. The molecule has 0 radical (unpaired) electrons. The van der Waals surface area contributed by atoms with Crippen LogP contribution in [0.3, 0.4) is 0 Å². The summed E-state index contributed by atoms with van der Waals surface area (Å²) < 4.78 is 0. The van der Waals surface area contributed by atoms with Gasteiger partial charge in [-0.3, -0.25) is 4.79 Å². The molecule has 2 aromatic carbocycles. The van der Waals surface area contributed by atoms with E-state index in [0.717, 1.165) is 41.8 Å². The van der Waals surface area contributed by atoms with Gasteiger partial charge in [-0.2, -0.15) is 0 Å². The molecule has 0 saturated carbocycles. The second kappa shape index (κ2) is 8.48. The molecule has 4 rings (SSSR count). The number of carbonyl (C=O) groups excluding carboxylic acids is 1. The minimum absolute atomic E-state index is 0.0716. The van der Waals surface area contributed by atoms with Gasteiger partial charge in [0.25, 0.3) is 0 Å². The van der Waals surface area contributed by atoms with Gasteiger partial charge in [0, 0.05) is 41.7 Å². The third-order valence-electron chi connectivity index (χ3n) is 5.59. The predicted molar refractivity (Wildman–Crippen MR) is 120 cm³/mol. The normalized spacial score (nSPS) is 14.6. The van der Waals surface area contributed by atoms with E-state index in [9.17, 15) is 4.79 Å². The molecule has 29 heavy (non-hydrogen) atoms.